The maximum Gasteiger partial charge on any atom is 0.246 e. The average Bonchev–Trinajstić information content (AvgIpc) is 3.86. The summed E-state index contributed by atoms with van der Waals surface area (Å²) in [5.41, 5.74) is -0.560. The molecule has 0 aromatic rings. The molecule has 0 radical (unpaired) electrons. The first kappa shape index (κ1) is 49.1. The van der Waals surface area contributed by atoms with Gasteiger partial charge in [0.1, 0.15) is 31.7 Å². The lowest BCUT2D eigenvalue weighted by atomic mass is 9.41. The van der Waals surface area contributed by atoms with Gasteiger partial charge in [0.2, 0.25) is 29.5 Å². The Labute approximate surface area is 380 Å². The number of hydrogen-bond acceptors (Lipinski definition) is 14. The summed E-state index contributed by atoms with van der Waals surface area (Å²) >= 11 is 0. The predicted octanol–water partition coefficient (Wildman–Crippen LogP) is 1.38. The molecule has 5 amide bonds. The van der Waals surface area contributed by atoms with E-state index in [0.29, 0.717) is 18.8 Å². The Morgan fingerprint density at radius 2 is 1.55 bits per heavy atom. The van der Waals surface area contributed by atoms with Gasteiger partial charge in [-0.1, -0.05) is 51.7 Å². The minimum absolute atomic E-state index is 0.0609. The van der Waals surface area contributed by atoms with E-state index in [2.05, 4.69) is 37.8 Å². The Hall–Kier alpha value is -4.83. The zero-order valence-corrected chi connectivity index (χ0v) is 37.5. The zero-order chi connectivity index (χ0) is 47.7. The van der Waals surface area contributed by atoms with Crippen molar-refractivity contribution in [1.29, 1.82) is 5.53 Å². The Kier molecular flexibility index (Phi) is 14.4. The molecule has 1 saturated heterocycles. The number of carbonyl (C=O) groups excluding carboxylic acids is 7. The van der Waals surface area contributed by atoms with Crippen molar-refractivity contribution in [3.8, 4) is 0 Å². The van der Waals surface area contributed by atoms with Crippen LogP contribution in [0.15, 0.2) is 40.6 Å². The maximum atomic E-state index is 18.2. The number of nitrogens with zero attached hydrogens (tertiary/aromatic N) is 1. The van der Waals surface area contributed by atoms with Crippen molar-refractivity contribution in [1.82, 2.24) is 26.6 Å². The highest BCUT2D eigenvalue weighted by atomic mass is 19.1. The summed E-state index contributed by atoms with van der Waals surface area (Å²) in [7, 11) is 0. The summed E-state index contributed by atoms with van der Waals surface area (Å²) in [5, 5.41) is 27.6. The smallest absolute Gasteiger partial charge is 0.246 e. The summed E-state index contributed by atoms with van der Waals surface area (Å²) in [4.78, 5) is 88.2. The van der Waals surface area contributed by atoms with E-state index in [9.17, 15) is 38.7 Å². The van der Waals surface area contributed by atoms with Crippen LogP contribution in [0.1, 0.15) is 85.0 Å². The first-order valence-corrected chi connectivity index (χ1v) is 22.8. The van der Waals surface area contributed by atoms with E-state index in [0.717, 1.165) is 37.8 Å². The lowest BCUT2D eigenvalue weighted by Gasteiger charge is -2.66. The normalized spacial score (nSPS) is 37.1. The third-order valence-electron chi connectivity index (χ3n) is 15.0. The van der Waals surface area contributed by atoms with Crippen molar-refractivity contribution in [3.63, 3.8) is 0 Å². The van der Waals surface area contributed by atoms with Crippen LogP contribution in [0.4, 0.5) is 8.78 Å². The van der Waals surface area contributed by atoms with Gasteiger partial charge < -0.3 is 50.6 Å². The molecule has 0 aromatic heterocycles. The Morgan fingerprint density at radius 3 is 2.20 bits per heavy atom. The van der Waals surface area contributed by atoms with Crippen LogP contribution in [0, 0.1) is 28.2 Å². The predicted molar refractivity (Wildman–Crippen MR) is 226 cm³/mol. The third-order valence-corrected chi connectivity index (χ3v) is 15.0. The number of fused-ring (bicyclic) bond motifs is 8. The molecule has 21 heteroatoms. The molecule has 1 aliphatic heterocycles. The maximum absolute atomic E-state index is 18.2. The van der Waals surface area contributed by atoms with Gasteiger partial charge in [0.15, 0.2) is 29.1 Å². The molecule has 0 bridgehead atoms. The molecule has 19 nitrogen and oxygen atoms in total. The van der Waals surface area contributed by atoms with Crippen LogP contribution in [0.3, 0.4) is 0 Å². The zero-order valence-electron chi connectivity index (χ0n) is 37.5. The topological polar surface area (TPSA) is 273 Å². The Bertz CT molecular complexity index is 2090. The monoisotopic (exact) mass is 929 g/mol. The van der Waals surface area contributed by atoms with Crippen molar-refractivity contribution < 1.29 is 66.4 Å². The van der Waals surface area contributed by atoms with E-state index in [1.54, 1.807) is 6.92 Å². The fraction of sp³-hybridized carbons (Fsp3) is 0.711. The van der Waals surface area contributed by atoms with Crippen LogP contribution in [-0.4, -0.2) is 140 Å². The van der Waals surface area contributed by atoms with Crippen LogP contribution >= 0.6 is 0 Å². The SMILES string of the molecule is CCCC1O[C@@H]2CC3[C@](C)(C[C@H](O)[C@]4(F)[C@@]5(C)C=CC(=O)C=C5[C@@H](F)C[C@@]34N=N)[C@]2(C(=O)COCNC(=O)CNC(=O)CNC(=O)CNC(=O)CNC(=O)COC2CCCCCC3C=C32)O1. The minimum atomic E-state index is -2.76. The van der Waals surface area contributed by atoms with E-state index in [1.165, 1.54) is 25.0 Å². The first-order chi connectivity index (χ1) is 31.4. The van der Waals surface area contributed by atoms with Crippen LogP contribution < -0.4 is 26.6 Å². The molecule has 66 heavy (non-hydrogen) atoms. The number of carbonyl (C=O) groups is 7. The van der Waals surface area contributed by atoms with Gasteiger partial charge in [-0.3, -0.25) is 33.6 Å². The second-order valence-corrected chi connectivity index (χ2v) is 18.9. The van der Waals surface area contributed by atoms with Crippen molar-refractivity contribution in [3.05, 3.63) is 35.5 Å². The lowest BCUT2D eigenvalue weighted by Crippen LogP contribution is -2.78. The fourth-order valence-corrected chi connectivity index (χ4v) is 11.8. The molecule has 7 rings (SSSR count). The minimum Gasteiger partial charge on any atom is -0.390 e. The molecule has 0 spiro atoms. The number of alkyl halides is 2. The average molecular weight is 930 g/mol. The molecule has 5 fully saturated rings. The van der Waals surface area contributed by atoms with Crippen molar-refractivity contribution in [2.24, 2.45) is 27.8 Å². The molecule has 7 N–H and O–H groups in total. The first-order valence-electron chi connectivity index (χ1n) is 22.8. The summed E-state index contributed by atoms with van der Waals surface area (Å²) in [6.45, 7) is 1.70. The van der Waals surface area contributed by atoms with Gasteiger partial charge in [0, 0.05) is 29.1 Å². The number of ketones is 2. The van der Waals surface area contributed by atoms with Gasteiger partial charge in [0.25, 0.3) is 0 Å². The molecule has 1 heterocycles. The second kappa shape index (κ2) is 19.4. The Morgan fingerprint density at radius 1 is 0.909 bits per heavy atom. The van der Waals surface area contributed by atoms with Gasteiger partial charge in [-0.2, -0.15) is 5.11 Å². The molecule has 7 aliphatic rings. The molecular weight excluding hydrogens is 869 g/mol. The number of halogens is 2. The Balaban J connectivity index is 0.848. The highest BCUT2D eigenvalue weighted by molar-refractivity contribution is 6.01. The molecule has 362 valence electrons. The lowest BCUT2D eigenvalue weighted by molar-refractivity contribution is -0.243. The highest BCUT2D eigenvalue weighted by Gasteiger charge is 2.85. The molecule has 4 unspecified atom stereocenters. The highest BCUT2D eigenvalue weighted by Crippen LogP contribution is 2.74. The van der Waals surface area contributed by atoms with E-state index in [1.807, 2.05) is 6.92 Å². The number of ether oxygens (including phenoxy) is 4. The molecule has 6 aliphatic carbocycles. The largest absolute Gasteiger partial charge is 0.390 e. The number of rotatable bonds is 19. The molecule has 0 aromatic carbocycles. The van der Waals surface area contributed by atoms with Crippen molar-refractivity contribution >= 4 is 41.1 Å². The van der Waals surface area contributed by atoms with Gasteiger partial charge in [-0.05, 0) is 62.3 Å². The van der Waals surface area contributed by atoms with Crippen LogP contribution in [-0.2, 0) is 52.5 Å². The quantitative estimate of drug-likeness (QED) is 0.0419. The number of aliphatic hydroxyl groups is 1. The van der Waals surface area contributed by atoms with E-state index in [-0.39, 0.29) is 37.7 Å². The van der Waals surface area contributed by atoms with Crippen LogP contribution in [0.2, 0.25) is 0 Å². The summed E-state index contributed by atoms with van der Waals surface area (Å²) in [6.07, 6.45) is 5.09. The number of Topliss-reactive ketones (excluding diaryl/α,β-unsaturated/α-hetero) is 1. The van der Waals surface area contributed by atoms with E-state index in [4.69, 9.17) is 24.5 Å². The second-order valence-electron chi connectivity index (χ2n) is 18.9. The number of allylic oxidation sites excluding steroid dienone is 5. The van der Waals surface area contributed by atoms with Gasteiger partial charge in [-0.25, -0.2) is 14.3 Å². The van der Waals surface area contributed by atoms with Crippen LogP contribution in [0.25, 0.3) is 0 Å². The number of nitrogens with one attached hydrogen (secondary N) is 6. The number of aliphatic hydroxyl groups excluding tert-OH is 1. The fourth-order valence-electron chi connectivity index (χ4n) is 11.8. The number of hydrogen-bond donors (Lipinski definition) is 7. The van der Waals surface area contributed by atoms with E-state index >= 15 is 8.78 Å². The van der Waals surface area contributed by atoms with Gasteiger partial charge in [-0.15, -0.1) is 0 Å². The third kappa shape index (κ3) is 8.76. The summed E-state index contributed by atoms with van der Waals surface area (Å²) in [6, 6.07) is 0. The van der Waals surface area contributed by atoms with Crippen molar-refractivity contribution in [2.75, 3.05) is 46.1 Å². The van der Waals surface area contributed by atoms with Crippen molar-refractivity contribution in [2.45, 2.75) is 133 Å². The summed E-state index contributed by atoms with van der Waals surface area (Å²) < 4.78 is 58.5. The standard InChI is InChI=1S/C45H61F2N7O12/c1-4-8-40-65-34-15-31-42(3,17-32(56)45(47)41(2)12-11-26(55)14-28(41)29(46)16-43(31,45)54-48)44(34,66-40)33(57)22-63-24-53-38(61)21-51-36(59)19-49-35(58)18-50-37(60)20-52-39(62)23-64-30-10-7-5-6-9-25-13-27(25)30/h11-14,25,29-32,34,40,48,56H,4-10,15-24H2,1-3H3,(H,49,58)(H,50,60)(H,51,59)(H,52,62)(H,53,61)/t25?,29-,30?,31?,32-,34+,40?,41-,42-,43+,44+,45-/m0/s1. The number of amides is 5. The molecule has 4 saturated carbocycles. The molecular formula is C45H61F2N7O12. The van der Waals surface area contributed by atoms with E-state index < -0.39 is 139 Å². The summed E-state index contributed by atoms with van der Waals surface area (Å²) in [5.74, 6) is -4.96. The van der Waals surface area contributed by atoms with Gasteiger partial charge in [0.05, 0.1) is 44.5 Å². The van der Waals surface area contributed by atoms with Crippen LogP contribution in [0.5, 0.6) is 0 Å². The van der Waals surface area contributed by atoms with Gasteiger partial charge >= 0.3 is 0 Å². The molecule has 12 atom stereocenters.